The average Bonchev–Trinajstić information content (AvgIpc) is 2.39. The Kier molecular flexibility index (Phi) is 4.50. The van der Waals surface area contributed by atoms with E-state index in [1.54, 1.807) is 0 Å². The summed E-state index contributed by atoms with van der Waals surface area (Å²) < 4.78 is 0. The Bertz CT molecular complexity index is 580. The molecule has 19 heavy (non-hydrogen) atoms. The van der Waals surface area contributed by atoms with Gasteiger partial charge in [0, 0.05) is 36.6 Å². The van der Waals surface area contributed by atoms with Crippen molar-refractivity contribution in [1.82, 2.24) is 10.3 Å². The molecule has 0 saturated carbocycles. The SMILES string of the molecule is Cc1cc(N2CCNCC2)nc2cc(Cl)ccc12.Cl. The van der Waals surface area contributed by atoms with Crippen molar-refractivity contribution in [1.29, 1.82) is 0 Å². The van der Waals surface area contributed by atoms with Crippen LogP contribution in [0.4, 0.5) is 5.82 Å². The topological polar surface area (TPSA) is 28.2 Å². The van der Waals surface area contributed by atoms with Crippen LogP contribution in [0.3, 0.4) is 0 Å². The van der Waals surface area contributed by atoms with Crippen molar-refractivity contribution in [2.75, 3.05) is 31.1 Å². The van der Waals surface area contributed by atoms with Crippen molar-refractivity contribution >= 4 is 40.7 Å². The first kappa shape index (κ1) is 14.4. The molecule has 0 bridgehead atoms. The predicted molar refractivity (Wildman–Crippen MR) is 83.8 cm³/mol. The molecule has 0 atom stereocenters. The standard InChI is InChI=1S/C14H16ClN3.ClH/c1-10-8-14(18-6-4-16-5-7-18)17-13-9-11(15)2-3-12(10)13;/h2-3,8-9,16H,4-7H2,1H3;1H. The molecule has 1 aromatic heterocycles. The number of aryl methyl sites for hydroxylation is 1. The second-order valence-corrected chi connectivity index (χ2v) is 5.13. The van der Waals surface area contributed by atoms with E-state index >= 15 is 0 Å². The number of hydrogen-bond acceptors (Lipinski definition) is 3. The summed E-state index contributed by atoms with van der Waals surface area (Å²) in [5, 5.41) is 5.28. The minimum Gasteiger partial charge on any atom is -0.354 e. The van der Waals surface area contributed by atoms with E-state index in [-0.39, 0.29) is 12.4 Å². The molecule has 0 aliphatic carbocycles. The number of rotatable bonds is 1. The van der Waals surface area contributed by atoms with Crippen molar-refractivity contribution in [2.45, 2.75) is 6.92 Å². The zero-order valence-electron chi connectivity index (χ0n) is 10.8. The highest BCUT2D eigenvalue weighted by molar-refractivity contribution is 6.31. The number of piperazine rings is 1. The van der Waals surface area contributed by atoms with Crippen LogP contribution in [0.2, 0.25) is 5.02 Å². The van der Waals surface area contributed by atoms with Crippen LogP contribution in [0.25, 0.3) is 10.9 Å². The largest absolute Gasteiger partial charge is 0.354 e. The minimum atomic E-state index is 0. The summed E-state index contributed by atoms with van der Waals surface area (Å²) in [7, 11) is 0. The van der Waals surface area contributed by atoms with Crippen molar-refractivity contribution in [3.05, 3.63) is 34.9 Å². The summed E-state index contributed by atoms with van der Waals surface area (Å²) in [6, 6.07) is 8.07. The van der Waals surface area contributed by atoms with Crippen LogP contribution >= 0.6 is 24.0 Å². The van der Waals surface area contributed by atoms with Gasteiger partial charge in [0.1, 0.15) is 5.82 Å². The van der Waals surface area contributed by atoms with Gasteiger partial charge in [-0.1, -0.05) is 17.7 Å². The van der Waals surface area contributed by atoms with Crippen LogP contribution in [0.15, 0.2) is 24.3 Å². The number of fused-ring (bicyclic) bond motifs is 1. The first-order valence-electron chi connectivity index (χ1n) is 6.26. The molecule has 1 N–H and O–H groups in total. The van der Waals surface area contributed by atoms with E-state index in [0.29, 0.717) is 0 Å². The molecule has 0 unspecified atom stereocenters. The lowest BCUT2D eigenvalue weighted by atomic mass is 10.1. The molecule has 1 aliphatic rings. The summed E-state index contributed by atoms with van der Waals surface area (Å²) in [6.45, 7) is 6.20. The lowest BCUT2D eigenvalue weighted by Crippen LogP contribution is -2.43. The second-order valence-electron chi connectivity index (χ2n) is 4.70. The quantitative estimate of drug-likeness (QED) is 0.877. The fourth-order valence-electron chi connectivity index (χ4n) is 2.41. The molecule has 0 amide bonds. The molecule has 0 spiro atoms. The third kappa shape index (κ3) is 2.94. The molecule has 3 rings (SSSR count). The fraction of sp³-hybridized carbons (Fsp3) is 0.357. The zero-order chi connectivity index (χ0) is 12.5. The molecule has 5 heteroatoms. The van der Waals surface area contributed by atoms with E-state index in [4.69, 9.17) is 16.6 Å². The molecule has 1 saturated heterocycles. The highest BCUT2D eigenvalue weighted by atomic mass is 35.5. The molecule has 102 valence electrons. The number of nitrogens with one attached hydrogen (secondary N) is 1. The van der Waals surface area contributed by atoms with Crippen LogP contribution in [0.5, 0.6) is 0 Å². The van der Waals surface area contributed by atoms with Gasteiger partial charge in [0.05, 0.1) is 5.52 Å². The summed E-state index contributed by atoms with van der Waals surface area (Å²) >= 11 is 6.05. The highest BCUT2D eigenvalue weighted by Gasteiger charge is 2.13. The van der Waals surface area contributed by atoms with E-state index in [1.165, 1.54) is 10.9 Å². The van der Waals surface area contributed by atoms with Gasteiger partial charge < -0.3 is 10.2 Å². The molecule has 1 fully saturated rings. The van der Waals surface area contributed by atoms with Crippen LogP contribution in [-0.4, -0.2) is 31.2 Å². The first-order chi connectivity index (χ1) is 8.74. The number of pyridine rings is 1. The Morgan fingerprint density at radius 1 is 1.21 bits per heavy atom. The Hall–Kier alpha value is -1.03. The minimum absolute atomic E-state index is 0. The number of halogens is 2. The van der Waals surface area contributed by atoms with Crippen LogP contribution < -0.4 is 10.2 Å². The van der Waals surface area contributed by atoms with Gasteiger partial charge in [0.2, 0.25) is 0 Å². The normalized spacial score (nSPS) is 15.4. The van der Waals surface area contributed by atoms with Gasteiger partial charge in [-0.15, -0.1) is 12.4 Å². The average molecular weight is 298 g/mol. The predicted octanol–water partition coefficient (Wildman–Crippen LogP) is 3.03. The molecule has 0 radical (unpaired) electrons. The van der Waals surface area contributed by atoms with Gasteiger partial charge in [-0.25, -0.2) is 4.98 Å². The summed E-state index contributed by atoms with van der Waals surface area (Å²) in [6.07, 6.45) is 0. The van der Waals surface area contributed by atoms with Crippen LogP contribution in [0.1, 0.15) is 5.56 Å². The number of benzene rings is 1. The Morgan fingerprint density at radius 3 is 2.68 bits per heavy atom. The van der Waals surface area contributed by atoms with E-state index in [9.17, 15) is 0 Å². The zero-order valence-corrected chi connectivity index (χ0v) is 12.4. The van der Waals surface area contributed by atoms with E-state index in [2.05, 4.69) is 23.2 Å². The third-order valence-corrected chi connectivity index (χ3v) is 3.64. The van der Waals surface area contributed by atoms with Crippen LogP contribution in [-0.2, 0) is 0 Å². The van der Waals surface area contributed by atoms with Gasteiger partial charge in [-0.05, 0) is 30.7 Å². The van der Waals surface area contributed by atoms with Crippen molar-refractivity contribution < 1.29 is 0 Å². The maximum Gasteiger partial charge on any atom is 0.129 e. The van der Waals surface area contributed by atoms with Crippen molar-refractivity contribution in [3.63, 3.8) is 0 Å². The lowest BCUT2D eigenvalue weighted by Gasteiger charge is -2.28. The van der Waals surface area contributed by atoms with Gasteiger partial charge in [0.15, 0.2) is 0 Å². The fourth-order valence-corrected chi connectivity index (χ4v) is 2.58. The molecule has 2 heterocycles. The summed E-state index contributed by atoms with van der Waals surface area (Å²) in [5.74, 6) is 1.06. The Morgan fingerprint density at radius 2 is 1.95 bits per heavy atom. The van der Waals surface area contributed by atoms with Crippen LogP contribution in [0, 0.1) is 6.92 Å². The van der Waals surface area contributed by atoms with Crippen molar-refractivity contribution in [3.8, 4) is 0 Å². The smallest absolute Gasteiger partial charge is 0.129 e. The van der Waals surface area contributed by atoms with E-state index in [1.807, 2.05) is 18.2 Å². The molecule has 2 aromatic rings. The number of aromatic nitrogens is 1. The Balaban J connectivity index is 0.00000133. The number of hydrogen-bond donors (Lipinski definition) is 1. The number of nitrogens with zero attached hydrogens (tertiary/aromatic N) is 2. The Labute approximate surface area is 124 Å². The number of anilines is 1. The third-order valence-electron chi connectivity index (χ3n) is 3.41. The lowest BCUT2D eigenvalue weighted by molar-refractivity contribution is 0.585. The van der Waals surface area contributed by atoms with Gasteiger partial charge in [-0.3, -0.25) is 0 Å². The van der Waals surface area contributed by atoms with Crippen molar-refractivity contribution in [2.24, 2.45) is 0 Å². The summed E-state index contributed by atoms with van der Waals surface area (Å²) in [4.78, 5) is 7.06. The van der Waals surface area contributed by atoms with E-state index < -0.39 is 0 Å². The first-order valence-corrected chi connectivity index (χ1v) is 6.64. The second kappa shape index (κ2) is 5.95. The van der Waals surface area contributed by atoms with Gasteiger partial charge in [-0.2, -0.15) is 0 Å². The maximum atomic E-state index is 6.05. The van der Waals surface area contributed by atoms with Gasteiger partial charge >= 0.3 is 0 Å². The summed E-state index contributed by atoms with van der Waals surface area (Å²) in [5.41, 5.74) is 2.24. The molecular weight excluding hydrogens is 281 g/mol. The highest BCUT2D eigenvalue weighted by Crippen LogP contribution is 2.25. The molecular formula is C14H17Cl2N3. The maximum absolute atomic E-state index is 6.05. The molecule has 1 aromatic carbocycles. The molecule has 3 nitrogen and oxygen atoms in total. The monoisotopic (exact) mass is 297 g/mol. The van der Waals surface area contributed by atoms with E-state index in [0.717, 1.165) is 42.5 Å². The molecule has 1 aliphatic heterocycles. The van der Waals surface area contributed by atoms with Gasteiger partial charge in [0.25, 0.3) is 0 Å².